The average Bonchev–Trinajstić information content (AvgIpc) is 3.19. The normalized spacial score (nSPS) is 11.3. The minimum Gasteiger partial charge on any atom is -0.309 e. The van der Waals surface area contributed by atoms with Gasteiger partial charge in [-0.25, -0.2) is 0 Å². The maximum absolute atomic E-state index is 2.46. The molecule has 0 aliphatic carbocycles. The minimum absolute atomic E-state index is 1.11. The van der Waals surface area contributed by atoms with Crippen molar-refractivity contribution < 1.29 is 0 Å². The SMILES string of the molecule is c1ccc(-c2ccc(-c3ccccc3N(c3ccc(-c4ccccc4)cc3)c3cc4c5ccccc5ccc4c4ccccc34)cc2)cc1. The van der Waals surface area contributed by atoms with Gasteiger partial charge in [0.05, 0.1) is 11.4 Å². The van der Waals surface area contributed by atoms with Gasteiger partial charge in [0, 0.05) is 16.6 Å². The molecule has 0 aliphatic rings. The molecule has 0 aliphatic heterocycles. The fraction of sp³-hybridized carbons (Fsp3) is 0. The third-order valence-electron chi connectivity index (χ3n) is 9.67. The monoisotopic (exact) mass is 623 g/mol. The van der Waals surface area contributed by atoms with Gasteiger partial charge in [0.25, 0.3) is 0 Å². The lowest BCUT2D eigenvalue weighted by Gasteiger charge is -2.30. The number of para-hydroxylation sites is 1. The Hall–Kier alpha value is -6.44. The summed E-state index contributed by atoms with van der Waals surface area (Å²) in [6, 6.07) is 72.5. The molecule has 49 heavy (non-hydrogen) atoms. The molecule has 9 aromatic carbocycles. The summed E-state index contributed by atoms with van der Waals surface area (Å²) in [7, 11) is 0. The second-order valence-corrected chi connectivity index (χ2v) is 12.5. The van der Waals surface area contributed by atoms with Crippen LogP contribution in [0.3, 0.4) is 0 Å². The number of rotatable bonds is 6. The average molecular weight is 624 g/mol. The zero-order chi connectivity index (χ0) is 32.6. The van der Waals surface area contributed by atoms with Crippen LogP contribution in [0.4, 0.5) is 17.1 Å². The fourth-order valence-electron chi connectivity index (χ4n) is 7.25. The van der Waals surface area contributed by atoms with Crippen molar-refractivity contribution >= 4 is 49.4 Å². The van der Waals surface area contributed by atoms with Gasteiger partial charge in [-0.2, -0.15) is 0 Å². The van der Waals surface area contributed by atoms with Gasteiger partial charge in [-0.3, -0.25) is 0 Å². The van der Waals surface area contributed by atoms with Crippen molar-refractivity contribution in [2.24, 2.45) is 0 Å². The first-order valence-corrected chi connectivity index (χ1v) is 16.9. The molecule has 0 heterocycles. The first-order chi connectivity index (χ1) is 24.3. The van der Waals surface area contributed by atoms with Crippen LogP contribution in [0.1, 0.15) is 0 Å². The van der Waals surface area contributed by atoms with Crippen LogP contribution in [0.15, 0.2) is 200 Å². The van der Waals surface area contributed by atoms with Crippen LogP contribution in [-0.2, 0) is 0 Å². The van der Waals surface area contributed by atoms with Gasteiger partial charge in [-0.05, 0) is 79.0 Å². The Balaban J connectivity index is 1.29. The van der Waals surface area contributed by atoms with Crippen molar-refractivity contribution in [2.45, 2.75) is 0 Å². The second-order valence-electron chi connectivity index (χ2n) is 12.5. The summed E-state index contributed by atoms with van der Waals surface area (Å²) < 4.78 is 0. The van der Waals surface area contributed by atoms with E-state index in [1.165, 1.54) is 65.7 Å². The number of nitrogens with zero attached hydrogens (tertiary/aromatic N) is 1. The zero-order valence-electron chi connectivity index (χ0n) is 27.0. The molecule has 9 rings (SSSR count). The Morgan fingerprint density at radius 1 is 0.265 bits per heavy atom. The Morgan fingerprint density at radius 2 is 0.755 bits per heavy atom. The lowest BCUT2D eigenvalue weighted by Crippen LogP contribution is -2.12. The van der Waals surface area contributed by atoms with Crippen LogP contribution in [0.5, 0.6) is 0 Å². The third kappa shape index (κ3) is 5.23. The third-order valence-corrected chi connectivity index (χ3v) is 9.67. The molecule has 0 fully saturated rings. The summed E-state index contributed by atoms with van der Waals surface area (Å²) >= 11 is 0. The van der Waals surface area contributed by atoms with Crippen molar-refractivity contribution in [1.82, 2.24) is 0 Å². The van der Waals surface area contributed by atoms with E-state index in [0.717, 1.165) is 17.1 Å². The molecule has 9 aromatic rings. The number of anilines is 3. The maximum atomic E-state index is 2.46. The van der Waals surface area contributed by atoms with Gasteiger partial charge < -0.3 is 4.90 Å². The van der Waals surface area contributed by atoms with Crippen LogP contribution in [0.2, 0.25) is 0 Å². The number of benzene rings is 9. The number of hydrogen-bond acceptors (Lipinski definition) is 1. The highest BCUT2D eigenvalue weighted by molar-refractivity contribution is 6.21. The smallest absolute Gasteiger partial charge is 0.0546 e. The lowest BCUT2D eigenvalue weighted by molar-refractivity contribution is 1.30. The molecule has 1 nitrogen and oxygen atoms in total. The van der Waals surface area contributed by atoms with E-state index >= 15 is 0 Å². The van der Waals surface area contributed by atoms with Crippen molar-refractivity contribution in [3.63, 3.8) is 0 Å². The Morgan fingerprint density at radius 3 is 1.45 bits per heavy atom. The van der Waals surface area contributed by atoms with Crippen molar-refractivity contribution in [3.05, 3.63) is 200 Å². The Labute approximate surface area is 287 Å². The quantitative estimate of drug-likeness (QED) is 0.167. The van der Waals surface area contributed by atoms with Crippen molar-refractivity contribution in [3.8, 4) is 33.4 Å². The van der Waals surface area contributed by atoms with E-state index < -0.39 is 0 Å². The summed E-state index contributed by atoms with van der Waals surface area (Å²) in [6.45, 7) is 0. The molecule has 0 saturated carbocycles. The van der Waals surface area contributed by atoms with Crippen LogP contribution in [0, 0.1) is 0 Å². The van der Waals surface area contributed by atoms with Crippen LogP contribution >= 0.6 is 0 Å². The topological polar surface area (TPSA) is 3.24 Å². The summed E-state index contributed by atoms with van der Waals surface area (Å²) in [5.41, 5.74) is 10.6. The van der Waals surface area contributed by atoms with Crippen LogP contribution < -0.4 is 4.90 Å². The van der Waals surface area contributed by atoms with E-state index in [1.807, 2.05) is 0 Å². The molecule has 0 unspecified atom stereocenters. The van der Waals surface area contributed by atoms with E-state index in [1.54, 1.807) is 0 Å². The molecule has 0 aromatic heterocycles. The van der Waals surface area contributed by atoms with Crippen molar-refractivity contribution in [1.29, 1.82) is 0 Å². The summed E-state index contributed by atoms with van der Waals surface area (Å²) in [4.78, 5) is 2.46. The van der Waals surface area contributed by atoms with Gasteiger partial charge in [0.2, 0.25) is 0 Å². The molecule has 0 radical (unpaired) electrons. The van der Waals surface area contributed by atoms with Gasteiger partial charge in [-0.15, -0.1) is 0 Å². The van der Waals surface area contributed by atoms with Gasteiger partial charge in [0.15, 0.2) is 0 Å². The first-order valence-electron chi connectivity index (χ1n) is 16.9. The molecule has 1 heteroatoms. The van der Waals surface area contributed by atoms with Gasteiger partial charge >= 0.3 is 0 Å². The molecule has 0 N–H and O–H groups in total. The highest BCUT2D eigenvalue weighted by Crippen LogP contribution is 2.46. The molecule has 0 bridgehead atoms. The molecule has 230 valence electrons. The largest absolute Gasteiger partial charge is 0.309 e. The molecular weight excluding hydrogens is 591 g/mol. The fourth-order valence-corrected chi connectivity index (χ4v) is 7.25. The molecule has 0 amide bonds. The Kier molecular flexibility index (Phi) is 7.22. The Bertz CT molecular complexity index is 2570. The molecule has 0 atom stereocenters. The number of fused-ring (bicyclic) bond motifs is 5. The molecule has 0 saturated heterocycles. The van der Waals surface area contributed by atoms with E-state index in [2.05, 4.69) is 205 Å². The van der Waals surface area contributed by atoms with E-state index in [-0.39, 0.29) is 0 Å². The second kappa shape index (κ2) is 12.3. The van der Waals surface area contributed by atoms with E-state index in [4.69, 9.17) is 0 Å². The highest BCUT2D eigenvalue weighted by atomic mass is 15.1. The lowest BCUT2D eigenvalue weighted by atomic mass is 9.94. The number of hydrogen-bond donors (Lipinski definition) is 0. The standard InChI is InChI=1S/C48H33N/c1-3-13-34(14-4-1)36-23-25-39(26-24-36)42-19-11-12-22-47(42)49(40-30-27-37(28-31-40)35-15-5-2-6-16-35)48-33-46-41-18-8-7-17-38(41)29-32-44(46)43-20-9-10-21-45(43)48/h1-33H. The van der Waals surface area contributed by atoms with E-state index in [0.29, 0.717) is 0 Å². The maximum Gasteiger partial charge on any atom is 0.0546 e. The van der Waals surface area contributed by atoms with Crippen molar-refractivity contribution in [2.75, 3.05) is 4.90 Å². The first kappa shape index (κ1) is 28.8. The van der Waals surface area contributed by atoms with Gasteiger partial charge in [0.1, 0.15) is 0 Å². The van der Waals surface area contributed by atoms with E-state index in [9.17, 15) is 0 Å². The zero-order valence-corrected chi connectivity index (χ0v) is 27.0. The summed E-state index contributed by atoms with van der Waals surface area (Å²) in [5.74, 6) is 0. The predicted octanol–water partition coefficient (Wildman–Crippen LogP) is 13.6. The molecule has 0 spiro atoms. The highest BCUT2D eigenvalue weighted by Gasteiger charge is 2.21. The van der Waals surface area contributed by atoms with Crippen LogP contribution in [-0.4, -0.2) is 0 Å². The summed E-state index contributed by atoms with van der Waals surface area (Å²) in [6.07, 6.45) is 0. The van der Waals surface area contributed by atoms with Crippen LogP contribution in [0.25, 0.3) is 65.7 Å². The minimum atomic E-state index is 1.11. The molecular formula is C48H33N. The summed E-state index contributed by atoms with van der Waals surface area (Å²) in [5, 5.41) is 7.48. The predicted molar refractivity (Wildman–Crippen MR) is 210 cm³/mol. The van der Waals surface area contributed by atoms with Gasteiger partial charge in [-0.1, -0.05) is 176 Å².